The van der Waals surface area contributed by atoms with E-state index in [-0.39, 0.29) is 0 Å². The van der Waals surface area contributed by atoms with Gasteiger partial charge in [-0.2, -0.15) is 11.8 Å². The van der Waals surface area contributed by atoms with Crippen LogP contribution < -0.4 is 5.32 Å². The molecule has 1 N–H and O–H groups in total. The van der Waals surface area contributed by atoms with E-state index in [4.69, 9.17) is 4.42 Å². The molecule has 0 fully saturated rings. The predicted octanol–water partition coefficient (Wildman–Crippen LogP) is 3.68. The second-order valence-corrected chi connectivity index (χ2v) is 5.06. The lowest BCUT2D eigenvalue weighted by Gasteiger charge is -2.16. The predicted molar refractivity (Wildman–Crippen MR) is 71.9 cm³/mol. The number of nitrogens with one attached hydrogen (secondary N) is 1. The van der Waals surface area contributed by atoms with Crippen LogP contribution in [0, 0.1) is 0 Å². The van der Waals surface area contributed by atoms with Crippen LogP contribution in [0.4, 0.5) is 0 Å². The van der Waals surface area contributed by atoms with Crippen LogP contribution in [0.5, 0.6) is 0 Å². The highest BCUT2D eigenvalue weighted by molar-refractivity contribution is 7.98. The van der Waals surface area contributed by atoms with Gasteiger partial charge >= 0.3 is 0 Å². The fourth-order valence-corrected chi connectivity index (χ4v) is 2.69. The van der Waals surface area contributed by atoms with Gasteiger partial charge in [0.15, 0.2) is 0 Å². The van der Waals surface area contributed by atoms with Crippen LogP contribution in [0.25, 0.3) is 0 Å². The smallest absolute Gasteiger partial charge is 0.113 e. The lowest BCUT2D eigenvalue weighted by molar-refractivity contribution is 0.512. The lowest BCUT2D eigenvalue weighted by atomic mass is 10.2. The van der Waals surface area contributed by atoms with Gasteiger partial charge in [-0.15, -0.1) is 0 Å². The van der Waals surface area contributed by atoms with Gasteiger partial charge in [-0.1, -0.05) is 20.3 Å². The van der Waals surface area contributed by atoms with E-state index in [0.717, 1.165) is 18.1 Å². The number of hydrogen-bond acceptors (Lipinski definition) is 3. The lowest BCUT2D eigenvalue weighted by Crippen LogP contribution is -2.31. The molecule has 0 aliphatic rings. The van der Waals surface area contributed by atoms with Crippen molar-refractivity contribution in [3.63, 3.8) is 0 Å². The van der Waals surface area contributed by atoms with Crippen LogP contribution in [0.15, 0.2) is 22.8 Å². The zero-order valence-electron chi connectivity index (χ0n) is 10.4. The topological polar surface area (TPSA) is 25.2 Å². The van der Waals surface area contributed by atoms with Crippen LogP contribution >= 0.6 is 11.8 Å². The maximum Gasteiger partial charge on any atom is 0.113 e. The van der Waals surface area contributed by atoms with Gasteiger partial charge in [0, 0.05) is 11.8 Å². The van der Waals surface area contributed by atoms with Gasteiger partial charge in [0.2, 0.25) is 0 Å². The molecule has 0 aliphatic heterocycles. The highest BCUT2D eigenvalue weighted by Gasteiger charge is 2.06. The van der Waals surface area contributed by atoms with Gasteiger partial charge in [-0.25, -0.2) is 0 Å². The third kappa shape index (κ3) is 5.61. The molecular formula is C13H23NOS. The summed E-state index contributed by atoms with van der Waals surface area (Å²) < 4.78 is 5.32. The highest BCUT2D eigenvalue weighted by atomic mass is 32.2. The zero-order chi connectivity index (χ0) is 11.6. The molecular weight excluding hydrogens is 218 g/mol. The van der Waals surface area contributed by atoms with E-state index in [1.54, 1.807) is 6.26 Å². The molecule has 1 rings (SSSR count). The number of rotatable bonds is 9. The van der Waals surface area contributed by atoms with Crippen molar-refractivity contribution < 1.29 is 4.42 Å². The highest BCUT2D eigenvalue weighted by Crippen LogP contribution is 2.15. The average molecular weight is 241 g/mol. The Morgan fingerprint density at radius 3 is 2.88 bits per heavy atom. The summed E-state index contributed by atoms with van der Waals surface area (Å²) in [5.74, 6) is 3.24. The van der Waals surface area contributed by atoms with Crippen LogP contribution in [0.3, 0.4) is 0 Å². The molecule has 2 nitrogen and oxygen atoms in total. The third-order valence-corrected chi connectivity index (χ3v) is 3.59. The molecule has 0 spiro atoms. The SMILES string of the molecule is CCCNC(CCC)CSCc1ccco1. The Morgan fingerprint density at radius 2 is 2.25 bits per heavy atom. The standard InChI is InChI=1S/C13H23NOS/c1-3-6-12(14-8-4-2)10-16-11-13-7-5-9-15-13/h5,7,9,12,14H,3-4,6,8,10-11H2,1-2H3. The van der Waals surface area contributed by atoms with Crippen molar-refractivity contribution in [2.45, 2.75) is 44.9 Å². The first kappa shape index (κ1) is 13.7. The molecule has 1 aromatic heterocycles. The first-order valence-corrected chi connectivity index (χ1v) is 7.35. The second kappa shape index (κ2) is 8.71. The first-order chi connectivity index (χ1) is 7.86. The molecule has 0 aliphatic carbocycles. The Bertz CT molecular complexity index is 248. The molecule has 3 heteroatoms. The van der Waals surface area contributed by atoms with Crippen molar-refractivity contribution in [3.05, 3.63) is 24.2 Å². The van der Waals surface area contributed by atoms with Gasteiger partial charge in [-0.05, 0) is 31.5 Å². The van der Waals surface area contributed by atoms with E-state index in [1.165, 1.54) is 25.0 Å². The number of hydrogen-bond donors (Lipinski definition) is 1. The summed E-state index contributed by atoms with van der Waals surface area (Å²) in [5, 5.41) is 3.60. The van der Waals surface area contributed by atoms with Crippen LogP contribution in [0.2, 0.25) is 0 Å². The minimum atomic E-state index is 0.657. The summed E-state index contributed by atoms with van der Waals surface area (Å²) in [5.41, 5.74) is 0. The molecule has 0 saturated heterocycles. The molecule has 0 radical (unpaired) electrons. The molecule has 0 amide bonds. The van der Waals surface area contributed by atoms with Crippen molar-refractivity contribution in [1.29, 1.82) is 0 Å². The zero-order valence-corrected chi connectivity index (χ0v) is 11.2. The van der Waals surface area contributed by atoms with Crippen molar-refractivity contribution >= 4 is 11.8 Å². The van der Waals surface area contributed by atoms with Crippen molar-refractivity contribution in [1.82, 2.24) is 5.32 Å². The first-order valence-electron chi connectivity index (χ1n) is 6.20. The molecule has 16 heavy (non-hydrogen) atoms. The molecule has 0 saturated carbocycles. The Labute approximate surface area is 103 Å². The van der Waals surface area contributed by atoms with Crippen LogP contribution in [0.1, 0.15) is 38.9 Å². The molecule has 1 aromatic rings. The summed E-state index contributed by atoms with van der Waals surface area (Å²) in [6.07, 6.45) is 5.48. The van der Waals surface area contributed by atoms with Crippen molar-refractivity contribution in [2.24, 2.45) is 0 Å². The Kier molecular flexibility index (Phi) is 7.43. The Morgan fingerprint density at radius 1 is 1.38 bits per heavy atom. The van der Waals surface area contributed by atoms with E-state index >= 15 is 0 Å². The molecule has 1 heterocycles. The molecule has 0 bridgehead atoms. The second-order valence-electron chi connectivity index (χ2n) is 4.03. The van der Waals surface area contributed by atoms with Gasteiger partial charge in [0.05, 0.1) is 12.0 Å². The summed E-state index contributed by atoms with van der Waals surface area (Å²) in [6, 6.07) is 4.65. The van der Waals surface area contributed by atoms with Gasteiger partial charge in [0.25, 0.3) is 0 Å². The number of furan rings is 1. The maximum absolute atomic E-state index is 5.32. The van der Waals surface area contributed by atoms with Gasteiger partial charge in [0.1, 0.15) is 5.76 Å². The van der Waals surface area contributed by atoms with E-state index < -0.39 is 0 Å². The largest absolute Gasteiger partial charge is 0.468 e. The summed E-state index contributed by atoms with van der Waals surface area (Å²) in [6.45, 7) is 5.59. The summed E-state index contributed by atoms with van der Waals surface area (Å²) in [7, 11) is 0. The van der Waals surface area contributed by atoms with E-state index in [2.05, 4.69) is 19.2 Å². The Hall–Kier alpha value is -0.410. The molecule has 0 aromatic carbocycles. The molecule has 1 unspecified atom stereocenters. The van der Waals surface area contributed by atoms with Crippen molar-refractivity contribution in [2.75, 3.05) is 12.3 Å². The molecule has 1 atom stereocenters. The Balaban J connectivity index is 2.15. The monoisotopic (exact) mass is 241 g/mol. The van der Waals surface area contributed by atoms with Crippen LogP contribution in [-0.2, 0) is 5.75 Å². The third-order valence-electron chi connectivity index (χ3n) is 2.46. The quantitative estimate of drug-likeness (QED) is 0.714. The summed E-state index contributed by atoms with van der Waals surface area (Å²) >= 11 is 1.95. The van der Waals surface area contributed by atoms with E-state index in [9.17, 15) is 0 Å². The van der Waals surface area contributed by atoms with E-state index in [0.29, 0.717) is 6.04 Å². The fraction of sp³-hybridized carbons (Fsp3) is 0.692. The van der Waals surface area contributed by atoms with E-state index in [1.807, 2.05) is 23.9 Å². The normalized spacial score (nSPS) is 12.9. The van der Waals surface area contributed by atoms with Crippen molar-refractivity contribution in [3.8, 4) is 0 Å². The van der Waals surface area contributed by atoms with Gasteiger partial charge in [-0.3, -0.25) is 0 Å². The summed E-state index contributed by atoms with van der Waals surface area (Å²) in [4.78, 5) is 0. The van der Waals surface area contributed by atoms with Gasteiger partial charge < -0.3 is 9.73 Å². The fourth-order valence-electron chi connectivity index (χ4n) is 1.64. The minimum Gasteiger partial charge on any atom is -0.468 e. The number of thioether (sulfide) groups is 1. The maximum atomic E-state index is 5.32. The minimum absolute atomic E-state index is 0.657. The average Bonchev–Trinajstić information content (AvgIpc) is 2.79. The van der Waals surface area contributed by atoms with Crippen LogP contribution in [-0.4, -0.2) is 18.3 Å². The molecule has 92 valence electrons.